The lowest BCUT2D eigenvalue weighted by Gasteiger charge is -2.36. The fourth-order valence-corrected chi connectivity index (χ4v) is 5.62. The van der Waals surface area contributed by atoms with Gasteiger partial charge < -0.3 is 14.2 Å². The van der Waals surface area contributed by atoms with Crippen molar-refractivity contribution in [3.8, 4) is 5.75 Å². The first kappa shape index (κ1) is 18.0. The van der Waals surface area contributed by atoms with Crippen LogP contribution in [-0.4, -0.2) is 39.0 Å². The Balaban J connectivity index is 1.49. The van der Waals surface area contributed by atoms with Gasteiger partial charge in [0, 0.05) is 44.1 Å². The molecule has 0 unspecified atom stereocenters. The smallest absolute Gasteiger partial charge is 0.254 e. The number of hydrogen-bond donors (Lipinski definition) is 0. The van der Waals surface area contributed by atoms with Crippen molar-refractivity contribution in [2.24, 2.45) is 7.05 Å². The van der Waals surface area contributed by atoms with E-state index in [1.807, 2.05) is 18.9 Å². The van der Waals surface area contributed by atoms with Crippen molar-refractivity contribution < 1.29 is 9.53 Å². The lowest BCUT2D eigenvalue weighted by Crippen LogP contribution is -2.41. The maximum absolute atomic E-state index is 13.4. The van der Waals surface area contributed by atoms with E-state index < -0.39 is 0 Å². The molecule has 1 aliphatic carbocycles. The predicted molar refractivity (Wildman–Crippen MR) is 116 cm³/mol. The van der Waals surface area contributed by atoms with Gasteiger partial charge in [-0.15, -0.1) is 0 Å². The van der Waals surface area contributed by atoms with Crippen molar-refractivity contribution in [1.29, 1.82) is 0 Å². The van der Waals surface area contributed by atoms with E-state index in [1.165, 1.54) is 11.1 Å². The van der Waals surface area contributed by atoms with Crippen LogP contribution in [0.2, 0.25) is 0 Å². The fourth-order valence-electron chi connectivity index (χ4n) is 5.62. The Hall–Kier alpha value is -2.82. The number of carbonyl (C=O) groups is 1. The number of amides is 1. The van der Waals surface area contributed by atoms with Crippen molar-refractivity contribution in [2.75, 3.05) is 13.1 Å². The minimum absolute atomic E-state index is 0.152. The average molecular weight is 402 g/mol. The third kappa shape index (κ3) is 2.54. The second kappa shape index (κ2) is 6.34. The lowest BCUT2D eigenvalue weighted by atomic mass is 9.86. The molecule has 2 aromatic carbocycles. The number of hydrogen-bond acceptors (Lipinski definition) is 3. The summed E-state index contributed by atoms with van der Waals surface area (Å²) in [5, 5.41) is 0. The number of imidazole rings is 1. The maximum atomic E-state index is 13.4. The number of fused-ring (bicyclic) bond motifs is 4. The number of rotatable bonds is 1. The van der Waals surface area contributed by atoms with Gasteiger partial charge >= 0.3 is 0 Å². The third-order valence-electron chi connectivity index (χ3n) is 7.37. The van der Waals surface area contributed by atoms with Gasteiger partial charge in [0.25, 0.3) is 5.91 Å². The molecule has 0 bridgehead atoms. The van der Waals surface area contributed by atoms with Crippen LogP contribution in [0.1, 0.15) is 52.1 Å². The van der Waals surface area contributed by atoms with Gasteiger partial charge in [0.2, 0.25) is 0 Å². The SMILES string of the molecule is Cc1nc2c3c(c(C(=O)N4CCCC4)cc2n1C)CCC1(Cc2ccccc2C1)O3. The molecule has 3 aromatic rings. The molecule has 3 heterocycles. The summed E-state index contributed by atoms with van der Waals surface area (Å²) in [6, 6.07) is 10.7. The van der Waals surface area contributed by atoms with Crippen LogP contribution in [0.15, 0.2) is 30.3 Å². The maximum Gasteiger partial charge on any atom is 0.254 e. The number of carbonyl (C=O) groups excluding carboxylic acids is 1. The number of benzene rings is 2. The molecule has 0 radical (unpaired) electrons. The van der Waals surface area contributed by atoms with Crippen LogP contribution in [0.25, 0.3) is 11.0 Å². The van der Waals surface area contributed by atoms with Crippen LogP contribution >= 0.6 is 0 Å². The molecule has 0 saturated carbocycles. The fraction of sp³-hybridized carbons (Fsp3) is 0.440. The second-order valence-corrected chi connectivity index (χ2v) is 9.22. The quantitative estimate of drug-likeness (QED) is 0.620. The Morgan fingerprint density at radius 1 is 1.13 bits per heavy atom. The lowest BCUT2D eigenvalue weighted by molar-refractivity contribution is 0.0572. The highest BCUT2D eigenvalue weighted by Gasteiger charge is 2.44. The topological polar surface area (TPSA) is 47.4 Å². The van der Waals surface area contributed by atoms with E-state index >= 15 is 0 Å². The normalized spacial score (nSPS) is 19.2. The van der Waals surface area contributed by atoms with Crippen molar-refractivity contribution in [1.82, 2.24) is 14.5 Å². The Morgan fingerprint density at radius 2 is 1.83 bits per heavy atom. The van der Waals surface area contributed by atoms with Crippen molar-refractivity contribution >= 4 is 16.9 Å². The van der Waals surface area contributed by atoms with Gasteiger partial charge in [-0.3, -0.25) is 4.79 Å². The van der Waals surface area contributed by atoms with Crippen LogP contribution in [0, 0.1) is 6.92 Å². The molecule has 1 amide bonds. The van der Waals surface area contributed by atoms with Gasteiger partial charge in [-0.1, -0.05) is 24.3 Å². The molecule has 1 saturated heterocycles. The van der Waals surface area contributed by atoms with Gasteiger partial charge in [-0.05, 0) is 49.8 Å². The van der Waals surface area contributed by atoms with Crippen molar-refractivity contribution in [3.05, 3.63) is 58.4 Å². The van der Waals surface area contributed by atoms with E-state index in [4.69, 9.17) is 9.72 Å². The third-order valence-corrected chi connectivity index (χ3v) is 7.37. The van der Waals surface area contributed by atoms with E-state index in [0.717, 1.165) is 85.3 Å². The number of aromatic nitrogens is 2. The van der Waals surface area contributed by atoms with Gasteiger partial charge in [0.15, 0.2) is 5.75 Å². The minimum Gasteiger partial charge on any atom is -0.484 e. The summed E-state index contributed by atoms with van der Waals surface area (Å²) in [4.78, 5) is 20.3. The predicted octanol–water partition coefficient (Wildman–Crippen LogP) is 3.98. The molecule has 1 aromatic heterocycles. The standard InChI is InChI=1S/C25H27N3O2/c1-16-26-22-21(27(16)2)13-20(24(29)28-11-5-6-12-28)19-9-10-25(30-23(19)22)14-17-7-3-4-8-18(17)15-25/h3-4,7-8,13H,5-6,9-12,14-15H2,1-2H3. The number of likely N-dealkylation sites (tertiary alicyclic amines) is 1. The zero-order valence-electron chi connectivity index (χ0n) is 17.7. The Kier molecular flexibility index (Phi) is 3.80. The zero-order valence-corrected chi connectivity index (χ0v) is 17.7. The molecule has 0 N–H and O–H groups in total. The highest BCUT2D eigenvalue weighted by molar-refractivity contribution is 6.01. The van der Waals surface area contributed by atoms with E-state index in [0.29, 0.717) is 0 Å². The summed E-state index contributed by atoms with van der Waals surface area (Å²) >= 11 is 0. The summed E-state index contributed by atoms with van der Waals surface area (Å²) in [5.41, 5.74) is 6.31. The summed E-state index contributed by atoms with van der Waals surface area (Å²) < 4.78 is 8.93. The summed E-state index contributed by atoms with van der Waals surface area (Å²) in [6.45, 7) is 3.73. The van der Waals surface area contributed by atoms with E-state index in [9.17, 15) is 4.79 Å². The highest BCUT2D eigenvalue weighted by atomic mass is 16.5. The molecule has 2 aliphatic heterocycles. The average Bonchev–Trinajstić information content (AvgIpc) is 3.46. The molecule has 0 atom stereocenters. The van der Waals surface area contributed by atoms with Crippen LogP contribution in [0.5, 0.6) is 5.75 Å². The number of nitrogens with zero attached hydrogens (tertiary/aromatic N) is 3. The monoisotopic (exact) mass is 401 g/mol. The molecule has 6 rings (SSSR count). The second-order valence-electron chi connectivity index (χ2n) is 9.22. The Labute approximate surface area is 176 Å². The number of ether oxygens (including phenoxy) is 1. The van der Waals surface area contributed by atoms with Crippen LogP contribution in [0.4, 0.5) is 0 Å². The van der Waals surface area contributed by atoms with E-state index in [1.54, 1.807) is 0 Å². The molecule has 1 fully saturated rings. The molecule has 5 heteroatoms. The molecular weight excluding hydrogens is 374 g/mol. The summed E-state index contributed by atoms with van der Waals surface area (Å²) in [6.07, 6.45) is 5.86. The molecule has 30 heavy (non-hydrogen) atoms. The first-order valence-corrected chi connectivity index (χ1v) is 11.1. The molecular formula is C25H27N3O2. The molecule has 1 spiro atoms. The highest BCUT2D eigenvalue weighted by Crippen LogP contribution is 2.46. The van der Waals surface area contributed by atoms with Crippen molar-refractivity contribution in [3.63, 3.8) is 0 Å². The number of aryl methyl sites for hydroxylation is 2. The largest absolute Gasteiger partial charge is 0.484 e. The van der Waals surface area contributed by atoms with Gasteiger partial charge in [0.1, 0.15) is 16.9 Å². The van der Waals surface area contributed by atoms with E-state index in [2.05, 4.69) is 34.9 Å². The van der Waals surface area contributed by atoms with Crippen LogP contribution < -0.4 is 4.74 Å². The van der Waals surface area contributed by atoms with Gasteiger partial charge in [-0.2, -0.15) is 0 Å². The molecule has 154 valence electrons. The minimum atomic E-state index is -0.218. The zero-order chi connectivity index (χ0) is 20.5. The first-order chi connectivity index (χ1) is 14.5. The van der Waals surface area contributed by atoms with Gasteiger partial charge in [-0.25, -0.2) is 4.98 Å². The van der Waals surface area contributed by atoms with E-state index in [-0.39, 0.29) is 11.5 Å². The summed E-state index contributed by atoms with van der Waals surface area (Å²) in [7, 11) is 2.02. The van der Waals surface area contributed by atoms with Gasteiger partial charge in [0.05, 0.1) is 5.52 Å². The first-order valence-electron chi connectivity index (χ1n) is 11.1. The Morgan fingerprint density at radius 3 is 2.53 bits per heavy atom. The molecule has 3 aliphatic rings. The molecule has 5 nitrogen and oxygen atoms in total. The van der Waals surface area contributed by atoms with Crippen LogP contribution in [0.3, 0.4) is 0 Å². The van der Waals surface area contributed by atoms with Crippen LogP contribution in [-0.2, 0) is 26.3 Å². The van der Waals surface area contributed by atoms with Crippen molar-refractivity contribution in [2.45, 2.75) is 51.0 Å². The summed E-state index contributed by atoms with van der Waals surface area (Å²) in [5.74, 6) is 1.94. The Bertz CT molecular complexity index is 1160.